The molecule has 0 aromatic carbocycles. The number of rotatable bonds is 3. The second-order valence-corrected chi connectivity index (χ2v) is 4.34. The quantitative estimate of drug-likeness (QED) is 0.375. The number of aryl methyl sites for hydroxylation is 1. The predicted octanol–water partition coefficient (Wildman–Crippen LogP) is -1.76. The van der Waals surface area contributed by atoms with Crippen molar-refractivity contribution in [2.24, 2.45) is 0 Å². The van der Waals surface area contributed by atoms with Gasteiger partial charge in [0, 0.05) is 11.8 Å². The summed E-state index contributed by atoms with van der Waals surface area (Å²) in [7, 11) is 0. The minimum Gasteiger partial charge on any atom is -0.387 e. The lowest BCUT2D eigenvalue weighted by Crippen LogP contribution is -2.36. The molecule has 1 aliphatic heterocycles. The van der Waals surface area contributed by atoms with Crippen LogP contribution >= 0.6 is 0 Å². The first-order valence-electron chi connectivity index (χ1n) is 5.59. The Labute approximate surface area is 107 Å². The Morgan fingerprint density at radius 1 is 1.53 bits per heavy atom. The maximum absolute atomic E-state index is 11.7. The zero-order chi connectivity index (χ0) is 14.2. The van der Waals surface area contributed by atoms with E-state index in [1.165, 1.54) is 6.20 Å². The van der Waals surface area contributed by atoms with Gasteiger partial charge in [-0.2, -0.15) is 4.98 Å². The molecule has 1 aromatic rings. The van der Waals surface area contributed by atoms with Crippen LogP contribution < -0.4 is 11.4 Å². The fourth-order valence-corrected chi connectivity index (χ4v) is 1.93. The summed E-state index contributed by atoms with van der Waals surface area (Å²) in [6.45, 7) is 1.31. The normalized spacial score (nSPS) is 30.7. The van der Waals surface area contributed by atoms with Crippen molar-refractivity contribution in [1.29, 1.82) is 0 Å². The first kappa shape index (κ1) is 13.9. The van der Waals surface area contributed by atoms with E-state index in [-0.39, 0.29) is 12.4 Å². The van der Waals surface area contributed by atoms with Crippen LogP contribution in [0.25, 0.3) is 0 Å². The van der Waals surface area contributed by atoms with Crippen LogP contribution in [0.1, 0.15) is 11.8 Å². The largest absolute Gasteiger partial charge is 0.387 e. The summed E-state index contributed by atoms with van der Waals surface area (Å²) < 4.78 is 6.32. The van der Waals surface area contributed by atoms with E-state index in [1.54, 1.807) is 6.92 Å². The Kier molecular flexibility index (Phi) is 3.83. The first-order valence-corrected chi connectivity index (χ1v) is 5.59. The van der Waals surface area contributed by atoms with Gasteiger partial charge in [0.1, 0.15) is 30.7 Å². The molecule has 1 aromatic heterocycles. The Morgan fingerprint density at radius 2 is 2.21 bits per heavy atom. The highest BCUT2D eigenvalue weighted by Gasteiger charge is 2.44. The minimum atomic E-state index is -1.34. The second kappa shape index (κ2) is 5.23. The lowest BCUT2D eigenvalue weighted by molar-refractivity contribution is -0.264. The van der Waals surface area contributed by atoms with Crippen LogP contribution in [0, 0.1) is 6.92 Å². The summed E-state index contributed by atoms with van der Waals surface area (Å²) in [6, 6.07) is 0. The summed E-state index contributed by atoms with van der Waals surface area (Å²) in [4.78, 5) is 19.2. The number of nitrogen functional groups attached to an aromatic ring is 1. The third kappa shape index (κ3) is 2.46. The minimum absolute atomic E-state index is 0.0875. The van der Waals surface area contributed by atoms with Gasteiger partial charge < -0.3 is 20.7 Å². The number of hydrogen-bond acceptors (Lipinski definition) is 8. The molecule has 19 heavy (non-hydrogen) atoms. The summed E-state index contributed by atoms with van der Waals surface area (Å²) in [5.74, 6) is 0.0875. The van der Waals surface area contributed by atoms with Gasteiger partial charge in [-0.25, -0.2) is 9.68 Å². The SMILES string of the molecule is Cc1cn([C@@H]2O[C@H](COO)[C@@H](O)[C@H]2O)c(=O)nc1N. The maximum Gasteiger partial charge on any atom is 0.351 e. The molecule has 0 aliphatic carbocycles. The van der Waals surface area contributed by atoms with E-state index in [1.807, 2.05) is 0 Å². The Morgan fingerprint density at radius 3 is 2.84 bits per heavy atom. The summed E-state index contributed by atoms with van der Waals surface area (Å²) >= 11 is 0. The summed E-state index contributed by atoms with van der Waals surface area (Å²) in [6.07, 6.45) is -3.32. The monoisotopic (exact) mass is 273 g/mol. The van der Waals surface area contributed by atoms with Crippen molar-refractivity contribution < 1.29 is 25.1 Å². The Hall–Kier alpha value is -1.52. The molecule has 2 heterocycles. The number of aromatic nitrogens is 2. The molecular weight excluding hydrogens is 258 g/mol. The van der Waals surface area contributed by atoms with Crippen LogP contribution in [0.15, 0.2) is 11.0 Å². The van der Waals surface area contributed by atoms with Crippen LogP contribution in [0.5, 0.6) is 0 Å². The third-order valence-electron chi connectivity index (χ3n) is 3.02. The topological polar surface area (TPSA) is 140 Å². The molecule has 0 spiro atoms. The van der Waals surface area contributed by atoms with E-state index < -0.39 is 30.2 Å². The van der Waals surface area contributed by atoms with E-state index in [0.29, 0.717) is 5.56 Å². The maximum atomic E-state index is 11.7. The molecule has 9 heteroatoms. The van der Waals surface area contributed by atoms with Gasteiger partial charge in [-0.15, -0.1) is 0 Å². The highest BCUT2D eigenvalue weighted by molar-refractivity contribution is 5.35. The fraction of sp³-hybridized carbons (Fsp3) is 0.600. The third-order valence-corrected chi connectivity index (χ3v) is 3.02. The zero-order valence-corrected chi connectivity index (χ0v) is 10.1. The molecule has 1 fully saturated rings. The van der Waals surface area contributed by atoms with E-state index in [0.717, 1.165) is 4.57 Å². The van der Waals surface area contributed by atoms with Gasteiger partial charge in [-0.1, -0.05) is 0 Å². The highest BCUT2D eigenvalue weighted by Crippen LogP contribution is 2.28. The van der Waals surface area contributed by atoms with Crippen LogP contribution in [-0.2, 0) is 9.62 Å². The molecule has 106 valence electrons. The number of aliphatic hydroxyl groups is 2. The van der Waals surface area contributed by atoms with Crippen molar-refractivity contribution in [2.75, 3.05) is 12.3 Å². The second-order valence-electron chi connectivity index (χ2n) is 4.34. The number of nitrogens with two attached hydrogens (primary N) is 1. The van der Waals surface area contributed by atoms with E-state index in [4.69, 9.17) is 15.7 Å². The number of hydrogen-bond donors (Lipinski definition) is 4. The van der Waals surface area contributed by atoms with E-state index in [2.05, 4.69) is 9.87 Å². The van der Waals surface area contributed by atoms with E-state index >= 15 is 0 Å². The molecule has 1 saturated heterocycles. The van der Waals surface area contributed by atoms with Crippen molar-refractivity contribution in [3.63, 3.8) is 0 Å². The van der Waals surface area contributed by atoms with E-state index in [9.17, 15) is 15.0 Å². The summed E-state index contributed by atoms with van der Waals surface area (Å²) in [5.41, 5.74) is 5.33. The molecule has 0 amide bonds. The van der Waals surface area contributed by atoms with Gasteiger partial charge in [-0.05, 0) is 6.92 Å². The van der Waals surface area contributed by atoms with Crippen molar-refractivity contribution in [3.8, 4) is 0 Å². The zero-order valence-electron chi connectivity index (χ0n) is 10.1. The van der Waals surface area contributed by atoms with Gasteiger partial charge in [-0.3, -0.25) is 9.82 Å². The predicted molar refractivity (Wildman–Crippen MR) is 62.2 cm³/mol. The molecular formula is C10H15N3O6. The van der Waals surface area contributed by atoms with Crippen molar-refractivity contribution >= 4 is 5.82 Å². The van der Waals surface area contributed by atoms with Crippen molar-refractivity contribution in [2.45, 2.75) is 31.5 Å². The highest BCUT2D eigenvalue weighted by atomic mass is 17.1. The van der Waals surface area contributed by atoms with Crippen LogP contribution in [0.4, 0.5) is 5.82 Å². The lowest BCUT2D eigenvalue weighted by atomic mass is 10.1. The van der Waals surface area contributed by atoms with Gasteiger partial charge in [0.05, 0.1) is 0 Å². The number of nitrogens with zero attached hydrogens (tertiary/aromatic N) is 2. The first-order chi connectivity index (χ1) is 8.95. The Balaban J connectivity index is 2.33. The van der Waals surface area contributed by atoms with Crippen LogP contribution in [0.2, 0.25) is 0 Å². The summed E-state index contributed by atoms with van der Waals surface area (Å²) in [5, 5.41) is 27.9. The van der Waals surface area contributed by atoms with Gasteiger partial charge >= 0.3 is 5.69 Å². The average Bonchev–Trinajstić information content (AvgIpc) is 2.63. The van der Waals surface area contributed by atoms with Crippen molar-refractivity contribution in [3.05, 3.63) is 22.2 Å². The number of aliphatic hydroxyl groups excluding tert-OH is 2. The molecule has 5 N–H and O–H groups in total. The molecule has 2 rings (SSSR count). The van der Waals surface area contributed by atoms with Crippen LogP contribution in [-0.4, -0.2) is 49.9 Å². The molecule has 0 radical (unpaired) electrons. The number of anilines is 1. The van der Waals surface area contributed by atoms with Gasteiger partial charge in [0.25, 0.3) is 0 Å². The molecule has 0 saturated carbocycles. The molecule has 9 nitrogen and oxygen atoms in total. The molecule has 0 bridgehead atoms. The van der Waals surface area contributed by atoms with Crippen molar-refractivity contribution in [1.82, 2.24) is 9.55 Å². The van der Waals surface area contributed by atoms with Gasteiger partial charge in [0.2, 0.25) is 0 Å². The van der Waals surface area contributed by atoms with Gasteiger partial charge in [0.15, 0.2) is 6.23 Å². The Bertz CT molecular complexity index is 518. The molecule has 1 aliphatic rings. The lowest BCUT2D eigenvalue weighted by Gasteiger charge is -2.17. The molecule has 4 atom stereocenters. The standard InChI is InChI=1S/C10H15N3O6/c1-4-2-13(10(16)12-8(4)11)9-7(15)6(14)5(19-9)3-18-17/h2,5-7,9,14-15,17H,3H2,1H3,(H2,11,12,16)/t5-,6-,7-,9-/m1/s1. The fourth-order valence-electron chi connectivity index (χ4n) is 1.93. The van der Waals surface area contributed by atoms with Crippen LogP contribution in [0.3, 0.4) is 0 Å². The average molecular weight is 273 g/mol. The smallest absolute Gasteiger partial charge is 0.351 e. The molecule has 0 unspecified atom stereocenters. The number of ether oxygens (including phenoxy) is 1.